The van der Waals surface area contributed by atoms with Crippen molar-refractivity contribution in [3.05, 3.63) is 0 Å². The van der Waals surface area contributed by atoms with Crippen LogP contribution in [-0.2, 0) is 4.79 Å². The highest BCUT2D eigenvalue weighted by atomic mass is 32.2. The molecule has 17 heavy (non-hydrogen) atoms. The van der Waals surface area contributed by atoms with E-state index in [4.69, 9.17) is 0 Å². The second kappa shape index (κ2) is 6.10. The minimum atomic E-state index is 0.228. The van der Waals surface area contributed by atoms with Crippen LogP contribution in [0, 0.1) is 0 Å². The molecule has 0 bridgehead atoms. The number of thioether (sulfide) groups is 1. The Hall–Kier alpha value is -0.220. The van der Waals surface area contributed by atoms with Crippen molar-refractivity contribution in [2.24, 2.45) is 0 Å². The van der Waals surface area contributed by atoms with E-state index in [2.05, 4.69) is 11.6 Å². The topological polar surface area (TPSA) is 32.3 Å². The van der Waals surface area contributed by atoms with Crippen LogP contribution in [0.15, 0.2) is 0 Å². The Kier molecular flexibility index (Phi) is 4.74. The molecule has 3 nitrogen and oxygen atoms in total. The molecule has 2 rings (SSSR count). The number of nitrogens with one attached hydrogen (secondary N) is 1. The maximum absolute atomic E-state index is 11.2. The van der Waals surface area contributed by atoms with Gasteiger partial charge in [0.2, 0.25) is 5.91 Å². The van der Waals surface area contributed by atoms with Crippen molar-refractivity contribution in [1.82, 2.24) is 10.2 Å². The third-order valence-corrected chi connectivity index (χ3v) is 5.22. The van der Waals surface area contributed by atoms with Gasteiger partial charge < -0.3 is 10.2 Å². The highest BCUT2D eigenvalue weighted by molar-refractivity contribution is 7.99. The first-order valence-corrected chi connectivity index (χ1v) is 8.02. The van der Waals surface area contributed by atoms with Crippen LogP contribution in [0.1, 0.15) is 39.0 Å². The summed E-state index contributed by atoms with van der Waals surface area (Å²) >= 11 is 2.01. The molecule has 2 fully saturated rings. The first-order chi connectivity index (χ1) is 8.19. The van der Waals surface area contributed by atoms with Crippen LogP contribution >= 0.6 is 11.8 Å². The molecule has 1 N–H and O–H groups in total. The molecule has 1 saturated carbocycles. The first-order valence-electron chi connectivity index (χ1n) is 6.73. The average Bonchev–Trinajstić information content (AvgIpc) is 2.77. The number of piperidine rings is 1. The van der Waals surface area contributed by atoms with Gasteiger partial charge in [0.1, 0.15) is 0 Å². The van der Waals surface area contributed by atoms with Crippen molar-refractivity contribution < 1.29 is 4.79 Å². The number of hydrogen-bond donors (Lipinski definition) is 1. The molecule has 0 aromatic heterocycles. The number of likely N-dealkylation sites (tertiary alicyclic amines) is 1. The van der Waals surface area contributed by atoms with Crippen molar-refractivity contribution in [1.29, 1.82) is 0 Å². The largest absolute Gasteiger partial charge is 0.343 e. The van der Waals surface area contributed by atoms with E-state index < -0.39 is 0 Å². The zero-order chi connectivity index (χ0) is 12.3. The minimum Gasteiger partial charge on any atom is -0.343 e. The van der Waals surface area contributed by atoms with Gasteiger partial charge in [-0.05, 0) is 38.4 Å². The van der Waals surface area contributed by atoms with E-state index in [1.54, 1.807) is 6.92 Å². The van der Waals surface area contributed by atoms with Crippen LogP contribution < -0.4 is 5.32 Å². The Morgan fingerprint density at radius 3 is 2.41 bits per heavy atom. The summed E-state index contributed by atoms with van der Waals surface area (Å²) in [4.78, 5) is 13.2. The highest BCUT2D eigenvalue weighted by Crippen LogP contribution is 2.29. The summed E-state index contributed by atoms with van der Waals surface area (Å²) in [6.07, 6.45) is 8.50. The van der Waals surface area contributed by atoms with Gasteiger partial charge in [-0.1, -0.05) is 0 Å². The second-order valence-electron chi connectivity index (χ2n) is 5.31. The monoisotopic (exact) mass is 256 g/mol. The van der Waals surface area contributed by atoms with Crippen LogP contribution in [0.4, 0.5) is 0 Å². The Balaban J connectivity index is 1.70. The molecule has 0 aromatic carbocycles. The fraction of sp³-hybridized carbons (Fsp3) is 0.923. The molecule has 0 spiro atoms. The first kappa shape index (κ1) is 13.2. The van der Waals surface area contributed by atoms with Crippen LogP contribution in [0.3, 0.4) is 0 Å². The third kappa shape index (κ3) is 3.62. The van der Waals surface area contributed by atoms with Gasteiger partial charge in [-0.2, -0.15) is 11.8 Å². The summed E-state index contributed by atoms with van der Waals surface area (Å²) in [5.74, 6) is 0.228. The smallest absolute Gasteiger partial charge is 0.219 e. The number of amides is 1. The summed E-state index contributed by atoms with van der Waals surface area (Å²) in [5, 5.41) is 4.66. The molecule has 1 aliphatic heterocycles. The number of nitrogens with zero attached hydrogens (tertiary/aromatic N) is 1. The predicted molar refractivity (Wildman–Crippen MR) is 73.4 cm³/mol. The number of carbonyl (C=O) groups is 1. The average molecular weight is 256 g/mol. The molecule has 98 valence electrons. The van der Waals surface area contributed by atoms with Gasteiger partial charge in [0.05, 0.1) is 0 Å². The fourth-order valence-corrected chi connectivity index (χ4v) is 3.80. The number of rotatable bonds is 3. The number of hydrogen-bond acceptors (Lipinski definition) is 3. The van der Waals surface area contributed by atoms with E-state index in [1.165, 1.54) is 19.3 Å². The van der Waals surface area contributed by atoms with Gasteiger partial charge in [-0.25, -0.2) is 0 Å². The molecular weight excluding hydrogens is 232 g/mol. The molecule has 0 radical (unpaired) electrons. The van der Waals surface area contributed by atoms with Crippen LogP contribution in [0.5, 0.6) is 0 Å². The van der Waals surface area contributed by atoms with E-state index in [9.17, 15) is 4.79 Å². The molecule has 1 amide bonds. The highest BCUT2D eigenvalue weighted by Gasteiger charge is 2.27. The lowest BCUT2D eigenvalue weighted by molar-refractivity contribution is -0.129. The van der Waals surface area contributed by atoms with Gasteiger partial charge >= 0.3 is 0 Å². The fourth-order valence-electron chi connectivity index (χ4n) is 3.00. The predicted octanol–water partition coefficient (Wildman–Crippen LogP) is 1.87. The second-order valence-corrected chi connectivity index (χ2v) is 6.45. The van der Waals surface area contributed by atoms with Crippen LogP contribution in [-0.4, -0.2) is 47.5 Å². The molecule has 2 atom stereocenters. The van der Waals surface area contributed by atoms with Crippen LogP contribution in [0.25, 0.3) is 0 Å². The molecule has 4 heteroatoms. The Morgan fingerprint density at radius 2 is 1.88 bits per heavy atom. The lowest BCUT2D eigenvalue weighted by atomic mass is 10.0. The molecule has 2 unspecified atom stereocenters. The van der Waals surface area contributed by atoms with E-state index in [-0.39, 0.29) is 5.91 Å². The molecule has 0 aromatic rings. The zero-order valence-electron chi connectivity index (χ0n) is 10.9. The normalized spacial score (nSPS) is 30.8. The quantitative estimate of drug-likeness (QED) is 0.836. The summed E-state index contributed by atoms with van der Waals surface area (Å²) in [6, 6.07) is 1.36. The van der Waals surface area contributed by atoms with Crippen molar-refractivity contribution in [2.45, 2.75) is 56.4 Å². The van der Waals surface area contributed by atoms with Crippen molar-refractivity contribution in [3.63, 3.8) is 0 Å². The van der Waals surface area contributed by atoms with E-state index in [0.29, 0.717) is 6.04 Å². The number of carbonyl (C=O) groups excluding carboxylic acids is 1. The molecule has 1 heterocycles. The van der Waals surface area contributed by atoms with E-state index in [1.807, 2.05) is 16.7 Å². The maximum atomic E-state index is 11.2. The van der Waals surface area contributed by atoms with Gasteiger partial charge in [-0.15, -0.1) is 0 Å². The van der Waals surface area contributed by atoms with Crippen molar-refractivity contribution in [2.75, 3.05) is 19.3 Å². The van der Waals surface area contributed by atoms with E-state index in [0.717, 1.165) is 37.2 Å². The zero-order valence-corrected chi connectivity index (χ0v) is 11.8. The Labute approximate surface area is 109 Å². The Bertz CT molecular complexity index is 264. The van der Waals surface area contributed by atoms with Crippen LogP contribution in [0.2, 0.25) is 0 Å². The lowest BCUT2D eigenvalue weighted by Crippen LogP contribution is -2.46. The van der Waals surface area contributed by atoms with Gasteiger partial charge in [0.25, 0.3) is 0 Å². The molecular formula is C13H24N2OS. The minimum absolute atomic E-state index is 0.228. The lowest BCUT2D eigenvalue weighted by Gasteiger charge is -2.33. The summed E-state index contributed by atoms with van der Waals surface area (Å²) in [7, 11) is 0. The third-order valence-electron chi connectivity index (χ3n) is 4.13. The van der Waals surface area contributed by atoms with Gasteiger partial charge in [-0.3, -0.25) is 4.79 Å². The molecule has 1 saturated heterocycles. The summed E-state index contributed by atoms with van der Waals surface area (Å²) in [6.45, 7) is 3.55. The summed E-state index contributed by atoms with van der Waals surface area (Å²) in [5.41, 5.74) is 0. The standard InChI is InChI=1S/C13H24N2OS/c1-10(16)15-7-5-11(6-8-15)14-12-3-4-13(9-12)17-2/h11-14H,3-9H2,1-2H3. The van der Waals surface area contributed by atoms with Gasteiger partial charge in [0.15, 0.2) is 0 Å². The van der Waals surface area contributed by atoms with Crippen molar-refractivity contribution >= 4 is 17.7 Å². The maximum Gasteiger partial charge on any atom is 0.219 e. The van der Waals surface area contributed by atoms with E-state index >= 15 is 0 Å². The molecule has 1 aliphatic carbocycles. The summed E-state index contributed by atoms with van der Waals surface area (Å²) < 4.78 is 0. The Morgan fingerprint density at radius 1 is 1.18 bits per heavy atom. The SMILES string of the molecule is CSC1CCC(NC2CCN(C(C)=O)CC2)C1. The van der Waals surface area contributed by atoms with Gasteiger partial charge in [0, 0.05) is 37.3 Å². The molecule has 2 aliphatic rings. The van der Waals surface area contributed by atoms with Crippen molar-refractivity contribution in [3.8, 4) is 0 Å².